The molecule has 2 rings (SSSR count). The zero-order valence-corrected chi connectivity index (χ0v) is 16.1. The maximum atomic E-state index is 12.7. The molecular weight excluding hydrogens is 348 g/mol. The molecule has 138 valence electrons. The molecule has 0 atom stereocenters. The number of ether oxygens (including phenoxy) is 1. The number of hydrogen-bond donors (Lipinski definition) is 2. The smallest absolute Gasteiger partial charge is 0.268 e. The van der Waals surface area contributed by atoms with Gasteiger partial charge in [0.15, 0.2) is 0 Å². The summed E-state index contributed by atoms with van der Waals surface area (Å²) in [4.78, 5) is 26.1. The van der Waals surface area contributed by atoms with Gasteiger partial charge >= 0.3 is 0 Å². The monoisotopic (exact) mass is 372 g/mol. The summed E-state index contributed by atoms with van der Waals surface area (Å²) < 4.78 is 5.10. The standard InChI is InChI=1S/C20H24N2O3S/c1-4-15(5-2)21-20(24)18(13-17-7-6-12-26-17)22-19(23)14-8-10-16(25-3)11-9-14/h6-13,15H,4-5H2,1-3H3,(H,21,24)(H,22,23)/b18-13-. The van der Waals surface area contributed by atoms with Gasteiger partial charge in [-0.05, 0) is 54.6 Å². The van der Waals surface area contributed by atoms with Gasteiger partial charge in [0.25, 0.3) is 11.8 Å². The molecule has 1 heterocycles. The Morgan fingerprint density at radius 3 is 2.38 bits per heavy atom. The van der Waals surface area contributed by atoms with Crippen molar-refractivity contribution >= 4 is 29.2 Å². The molecule has 5 nitrogen and oxygen atoms in total. The molecule has 1 aromatic heterocycles. The first-order valence-corrected chi connectivity index (χ1v) is 9.46. The van der Waals surface area contributed by atoms with E-state index in [1.54, 1.807) is 37.5 Å². The van der Waals surface area contributed by atoms with Crippen molar-refractivity contribution in [1.82, 2.24) is 10.6 Å². The van der Waals surface area contributed by atoms with E-state index >= 15 is 0 Å². The Kier molecular flexibility index (Phi) is 7.41. The SMILES string of the molecule is CCC(CC)NC(=O)/C(=C/c1cccs1)NC(=O)c1ccc(OC)cc1. The lowest BCUT2D eigenvalue weighted by Crippen LogP contribution is -2.39. The highest BCUT2D eigenvalue weighted by atomic mass is 32.1. The predicted molar refractivity (Wildman–Crippen MR) is 105 cm³/mol. The number of rotatable bonds is 8. The van der Waals surface area contributed by atoms with Crippen molar-refractivity contribution < 1.29 is 14.3 Å². The predicted octanol–water partition coefficient (Wildman–Crippen LogP) is 3.83. The molecule has 1 aromatic carbocycles. The van der Waals surface area contributed by atoms with Gasteiger partial charge in [0.2, 0.25) is 0 Å². The molecule has 0 radical (unpaired) electrons. The maximum Gasteiger partial charge on any atom is 0.268 e. The molecule has 2 N–H and O–H groups in total. The van der Waals surface area contributed by atoms with Crippen LogP contribution >= 0.6 is 11.3 Å². The molecule has 0 bridgehead atoms. The highest BCUT2D eigenvalue weighted by molar-refractivity contribution is 7.10. The van der Waals surface area contributed by atoms with Crippen LogP contribution in [0.2, 0.25) is 0 Å². The zero-order valence-electron chi connectivity index (χ0n) is 15.2. The summed E-state index contributed by atoms with van der Waals surface area (Å²) in [5, 5.41) is 7.63. The third-order valence-corrected chi connectivity index (χ3v) is 4.81. The minimum atomic E-state index is -0.338. The number of carbonyl (C=O) groups is 2. The van der Waals surface area contributed by atoms with E-state index in [4.69, 9.17) is 4.74 Å². The molecule has 2 amide bonds. The van der Waals surface area contributed by atoms with E-state index in [1.807, 2.05) is 31.4 Å². The Hall–Kier alpha value is -2.60. The van der Waals surface area contributed by atoms with Crippen LogP contribution in [0, 0.1) is 0 Å². The summed E-state index contributed by atoms with van der Waals surface area (Å²) in [6, 6.07) is 10.6. The molecule has 0 aliphatic heterocycles. The van der Waals surface area contributed by atoms with E-state index in [1.165, 1.54) is 11.3 Å². The number of hydrogen-bond acceptors (Lipinski definition) is 4. The molecule has 0 saturated heterocycles. The Morgan fingerprint density at radius 2 is 1.85 bits per heavy atom. The van der Waals surface area contributed by atoms with Gasteiger partial charge in [-0.2, -0.15) is 0 Å². The Balaban J connectivity index is 2.20. The van der Waals surface area contributed by atoms with E-state index in [2.05, 4.69) is 10.6 Å². The Bertz CT molecular complexity index is 748. The second-order valence-corrected chi connectivity index (χ2v) is 6.72. The molecule has 0 spiro atoms. The van der Waals surface area contributed by atoms with Crippen LogP contribution in [0.25, 0.3) is 6.08 Å². The first-order valence-electron chi connectivity index (χ1n) is 8.58. The highest BCUT2D eigenvalue weighted by Gasteiger charge is 2.17. The lowest BCUT2D eigenvalue weighted by atomic mass is 10.1. The van der Waals surface area contributed by atoms with Crippen LogP contribution in [0.5, 0.6) is 5.75 Å². The van der Waals surface area contributed by atoms with E-state index in [0.717, 1.165) is 17.7 Å². The largest absolute Gasteiger partial charge is 0.497 e. The summed E-state index contributed by atoms with van der Waals surface area (Å²) >= 11 is 1.50. The first kappa shape index (κ1) is 19.7. The molecule has 0 saturated carbocycles. The van der Waals surface area contributed by atoms with Crippen molar-refractivity contribution in [3.05, 3.63) is 57.9 Å². The van der Waals surface area contributed by atoms with Gasteiger partial charge in [-0.1, -0.05) is 19.9 Å². The third-order valence-electron chi connectivity index (χ3n) is 4.00. The minimum Gasteiger partial charge on any atom is -0.497 e. The molecule has 0 unspecified atom stereocenters. The van der Waals surface area contributed by atoms with Gasteiger partial charge in [-0.25, -0.2) is 0 Å². The average Bonchev–Trinajstić information content (AvgIpc) is 3.18. The summed E-state index contributed by atoms with van der Waals surface area (Å²) in [5.74, 6) is 0.0477. The van der Waals surface area contributed by atoms with Crippen LogP contribution < -0.4 is 15.4 Å². The summed E-state index contributed by atoms with van der Waals surface area (Å²) in [5.41, 5.74) is 0.693. The molecule has 26 heavy (non-hydrogen) atoms. The topological polar surface area (TPSA) is 67.4 Å². The van der Waals surface area contributed by atoms with Crippen molar-refractivity contribution in [2.24, 2.45) is 0 Å². The quantitative estimate of drug-likeness (QED) is 0.692. The van der Waals surface area contributed by atoms with E-state index in [0.29, 0.717) is 11.3 Å². The van der Waals surface area contributed by atoms with Gasteiger partial charge in [0.1, 0.15) is 11.4 Å². The summed E-state index contributed by atoms with van der Waals surface area (Å²) in [7, 11) is 1.57. The van der Waals surface area contributed by atoms with Crippen molar-refractivity contribution in [3.8, 4) is 5.75 Å². The molecule has 2 aromatic rings. The molecule has 0 aliphatic rings. The zero-order chi connectivity index (χ0) is 18.9. The maximum absolute atomic E-state index is 12.7. The second kappa shape index (κ2) is 9.77. The van der Waals surface area contributed by atoms with Gasteiger partial charge in [-0.15, -0.1) is 11.3 Å². The van der Waals surface area contributed by atoms with Gasteiger partial charge in [0.05, 0.1) is 7.11 Å². The lowest BCUT2D eigenvalue weighted by molar-refractivity contribution is -0.118. The summed E-state index contributed by atoms with van der Waals surface area (Å²) in [6.07, 6.45) is 3.37. The molecular formula is C20H24N2O3S. The fourth-order valence-electron chi connectivity index (χ4n) is 2.37. The van der Waals surface area contributed by atoms with Crippen LogP contribution in [0.15, 0.2) is 47.5 Å². The highest BCUT2D eigenvalue weighted by Crippen LogP contribution is 2.15. The minimum absolute atomic E-state index is 0.0760. The van der Waals surface area contributed by atoms with Gasteiger partial charge < -0.3 is 15.4 Å². The van der Waals surface area contributed by atoms with Crippen LogP contribution in [0.1, 0.15) is 41.9 Å². The van der Waals surface area contributed by atoms with Gasteiger partial charge in [-0.3, -0.25) is 9.59 Å². The Morgan fingerprint density at radius 1 is 1.15 bits per heavy atom. The number of thiophene rings is 1. The van der Waals surface area contributed by atoms with Crippen molar-refractivity contribution in [2.75, 3.05) is 7.11 Å². The number of carbonyl (C=O) groups excluding carboxylic acids is 2. The fraction of sp³-hybridized carbons (Fsp3) is 0.300. The average molecular weight is 372 g/mol. The number of nitrogens with one attached hydrogen (secondary N) is 2. The van der Waals surface area contributed by atoms with E-state index < -0.39 is 0 Å². The molecule has 0 fully saturated rings. The third kappa shape index (κ3) is 5.46. The van der Waals surface area contributed by atoms with Crippen LogP contribution in [0.4, 0.5) is 0 Å². The summed E-state index contributed by atoms with van der Waals surface area (Å²) in [6.45, 7) is 4.04. The van der Waals surface area contributed by atoms with Crippen molar-refractivity contribution in [1.29, 1.82) is 0 Å². The fourth-order valence-corrected chi connectivity index (χ4v) is 3.02. The van der Waals surface area contributed by atoms with Crippen LogP contribution in [0.3, 0.4) is 0 Å². The number of methoxy groups -OCH3 is 1. The van der Waals surface area contributed by atoms with Crippen LogP contribution in [-0.4, -0.2) is 25.0 Å². The van der Waals surface area contributed by atoms with Crippen molar-refractivity contribution in [2.45, 2.75) is 32.7 Å². The van der Waals surface area contributed by atoms with Gasteiger partial charge in [0, 0.05) is 16.5 Å². The van der Waals surface area contributed by atoms with Crippen LogP contribution in [-0.2, 0) is 4.79 Å². The number of benzene rings is 1. The number of amides is 2. The second-order valence-electron chi connectivity index (χ2n) is 5.74. The molecule has 0 aliphatic carbocycles. The van der Waals surface area contributed by atoms with E-state index in [-0.39, 0.29) is 23.6 Å². The Labute approximate surface area is 158 Å². The van der Waals surface area contributed by atoms with E-state index in [9.17, 15) is 9.59 Å². The first-order chi connectivity index (χ1) is 12.6. The normalized spacial score (nSPS) is 11.3. The molecule has 6 heteroatoms. The lowest BCUT2D eigenvalue weighted by Gasteiger charge is -2.17. The van der Waals surface area contributed by atoms with Crippen molar-refractivity contribution in [3.63, 3.8) is 0 Å².